The highest BCUT2D eigenvalue weighted by Gasteiger charge is 2.17. The van der Waals surface area contributed by atoms with E-state index in [4.69, 9.17) is 0 Å². The van der Waals surface area contributed by atoms with E-state index in [1.165, 1.54) is 29.0 Å². The molecule has 1 aromatic carbocycles. The second kappa shape index (κ2) is 9.66. The summed E-state index contributed by atoms with van der Waals surface area (Å²) in [4.78, 5) is 25.2. The number of nitrogens with one attached hydrogen (secondary N) is 1. The molecule has 1 atom stereocenters. The molecule has 0 bridgehead atoms. The van der Waals surface area contributed by atoms with Crippen molar-refractivity contribution in [2.75, 3.05) is 11.9 Å². The van der Waals surface area contributed by atoms with Gasteiger partial charge in [0.1, 0.15) is 11.5 Å². The van der Waals surface area contributed by atoms with Crippen LogP contribution < -0.4 is 10.9 Å². The molecule has 0 aliphatic rings. The molecule has 4 rings (SSSR count). The Morgan fingerprint density at radius 3 is 2.73 bits per heavy atom. The third-order valence-corrected chi connectivity index (χ3v) is 5.20. The lowest BCUT2D eigenvalue weighted by molar-refractivity contribution is 0.266. The van der Waals surface area contributed by atoms with Crippen molar-refractivity contribution in [3.05, 3.63) is 100 Å². The standard InChI is InChI=1S/C24H21F2N5O2/c1-15-13-27-8-5-20(15)29-24-28-14-19(26)23(30-24)17-6-9-31(22(33)12-17)21(7-10-32)16-3-2-4-18(25)11-16/h2-6,8-9,11-14,21,32H,7,10H2,1H3,(H,27,28,29,30)/t21-/m1/s1. The number of hydrogen-bond acceptors (Lipinski definition) is 6. The highest BCUT2D eigenvalue weighted by Crippen LogP contribution is 2.25. The predicted molar refractivity (Wildman–Crippen MR) is 120 cm³/mol. The van der Waals surface area contributed by atoms with Crippen molar-refractivity contribution in [2.24, 2.45) is 0 Å². The Labute approximate surface area is 188 Å². The van der Waals surface area contributed by atoms with E-state index in [2.05, 4.69) is 20.3 Å². The fraction of sp³-hybridized carbons (Fsp3) is 0.167. The van der Waals surface area contributed by atoms with Crippen LogP contribution in [-0.2, 0) is 0 Å². The molecule has 9 heteroatoms. The van der Waals surface area contributed by atoms with Crippen LogP contribution in [0.25, 0.3) is 11.3 Å². The Kier molecular flexibility index (Phi) is 6.50. The molecule has 0 aliphatic heterocycles. The lowest BCUT2D eigenvalue weighted by Crippen LogP contribution is -2.25. The van der Waals surface area contributed by atoms with Crippen LogP contribution in [0, 0.1) is 18.6 Å². The first-order chi connectivity index (χ1) is 16.0. The number of aromatic nitrogens is 4. The van der Waals surface area contributed by atoms with Crippen molar-refractivity contribution in [3.8, 4) is 11.3 Å². The van der Waals surface area contributed by atoms with Crippen LogP contribution in [0.5, 0.6) is 0 Å². The molecule has 0 unspecified atom stereocenters. The third kappa shape index (κ3) is 4.93. The number of halogens is 2. The second-order valence-electron chi connectivity index (χ2n) is 7.45. The topological polar surface area (TPSA) is 92.9 Å². The summed E-state index contributed by atoms with van der Waals surface area (Å²) >= 11 is 0. The molecular formula is C24H21F2N5O2. The fourth-order valence-corrected chi connectivity index (χ4v) is 3.56. The predicted octanol–water partition coefficient (Wildman–Crippen LogP) is 4.00. The first-order valence-electron chi connectivity index (χ1n) is 10.3. The molecule has 3 heterocycles. The number of rotatable bonds is 7. The molecule has 0 spiro atoms. The fourth-order valence-electron chi connectivity index (χ4n) is 3.56. The van der Waals surface area contributed by atoms with Crippen molar-refractivity contribution in [1.82, 2.24) is 19.5 Å². The largest absolute Gasteiger partial charge is 0.396 e. The smallest absolute Gasteiger partial charge is 0.251 e. The monoisotopic (exact) mass is 449 g/mol. The Bertz CT molecular complexity index is 1340. The van der Waals surface area contributed by atoms with Crippen LogP contribution in [-0.4, -0.2) is 31.2 Å². The number of nitrogens with zero attached hydrogens (tertiary/aromatic N) is 4. The van der Waals surface area contributed by atoms with Crippen LogP contribution in [0.1, 0.15) is 23.6 Å². The van der Waals surface area contributed by atoms with Crippen molar-refractivity contribution in [2.45, 2.75) is 19.4 Å². The number of aryl methyl sites for hydroxylation is 1. The number of benzene rings is 1. The Balaban J connectivity index is 1.69. The van der Waals surface area contributed by atoms with Gasteiger partial charge in [-0.3, -0.25) is 9.78 Å². The van der Waals surface area contributed by atoms with Gasteiger partial charge in [0.25, 0.3) is 5.56 Å². The Hall–Kier alpha value is -3.98. The molecule has 0 amide bonds. The van der Waals surface area contributed by atoms with Crippen LogP contribution in [0.2, 0.25) is 0 Å². The maximum atomic E-state index is 14.5. The first-order valence-corrected chi connectivity index (χ1v) is 10.3. The molecule has 7 nitrogen and oxygen atoms in total. The van der Waals surface area contributed by atoms with Gasteiger partial charge >= 0.3 is 0 Å². The molecule has 0 saturated carbocycles. The van der Waals surface area contributed by atoms with Crippen molar-refractivity contribution >= 4 is 11.6 Å². The summed E-state index contributed by atoms with van der Waals surface area (Å²) in [5.74, 6) is -0.948. The summed E-state index contributed by atoms with van der Waals surface area (Å²) in [6.07, 6.45) is 6.02. The zero-order valence-corrected chi connectivity index (χ0v) is 17.7. The summed E-state index contributed by atoms with van der Waals surface area (Å²) in [7, 11) is 0. The molecule has 33 heavy (non-hydrogen) atoms. The maximum Gasteiger partial charge on any atom is 0.251 e. The molecular weight excluding hydrogens is 428 g/mol. The quantitative estimate of drug-likeness (QED) is 0.443. The average Bonchev–Trinajstić information content (AvgIpc) is 2.80. The zero-order chi connectivity index (χ0) is 23.4. The highest BCUT2D eigenvalue weighted by atomic mass is 19.1. The highest BCUT2D eigenvalue weighted by molar-refractivity contribution is 5.63. The van der Waals surface area contributed by atoms with Gasteiger partial charge < -0.3 is 15.0 Å². The van der Waals surface area contributed by atoms with Gasteiger partial charge in [-0.15, -0.1) is 0 Å². The van der Waals surface area contributed by atoms with E-state index in [-0.39, 0.29) is 30.2 Å². The lowest BCUT2D eigenvalue weighted by atomic mass is 10.0. The lowest BCUT2D eigenvalue weighted by Gasteiger charge is -2.20. The van der Waals surface area contributed by atoms with Gasteiger partial charge in [-0.1, -0.05) is 12.1 Å². The van der Waals surface area contributed by atoms with E-state index in [0.29, 0.717) is 5.56 Å². The second-order valence-corrected chi connectivity index (χ2v) is 7.45. The summed E-state index contributed by atoms with van der Waals surface area (Å²) in [5, 5.41) is 12.5. The molecule has 0 aliphatic carbocycles. The SMILES string of the molecule is Cc1cnccc1Nc1ncc(F)c(-c2ccn([C@H](CCO)c3cccc(F)c3)c(=O)c2)n1. The number of pyridine rings is 2. The molecule has 2 N–H and O–H groups in total. The van der Waals surface area contributed by atoms with Crippen molar-refractivity contribution in [3.63, 3.8) is 0 Å². The number of anilines is 2. The summed E-state index contributed by atoms with van der Waals surface area (Å²) in [5.41, 5.74) is 1.93. The number of aliphatic hydroxyl groups excluding tert-OH is 1. The Morgan fingerprint density at radius 2 is 2.00 bits per heavy atom. The van der Waals surface area contributed by atoms with Crippen molar-refractivity contribution < 1.29 is 13.9 Å². The number of hydrogen-bond donors (Lipinski definition) is 2. The van der Waals surface area contributed by atoms with E-state index in [9.17, 15) is 18.7 Å². The minimum Gasteiger partial charge on any atom is -0.396 e. The first kappa shape index (κ1) is 22.2. The van der Waals surface area contributed by atoms with Crippen LogP contribution in [0.15, 0.2) is 72.0 Å². The minimum atomic E-state index is -0.679. The molecule has 0 radical (unpaired) electrons. The Morgan fingerprint density at radius 1 is 1.15 bits per heavy atom. The van der Waals surface area contributed by atoms with E-state index in [1.54, 1.807) is 36.7 Å². The summed E-state index contributed by atoms with van der Waals surface area (Å²) in [6, 6.07) is 9.85. The van der Waals surface area contributed by atoms with Gasteiger partial charge in [-0.05, 0) is 48.7 Å². The number of aliphatic hydroxyl groups is 1. The third-order valence-electron chi connectivity index (χ3n) is 5.20. The molecule has 168 valence electrons. The van der Waals surface area contributed by atoms with Gasteiger partial charge in [0.05, 0.1) is 12.2 Å². The van der Waals surface area contributed by atoms with Gasteiger partial charge in [0, 0.05) is 42.5 Å². The maximum absolute atomic E-state index is 14.5. The van der Waals surface area contributed by atoms with Crippen LogP contribution >= 0.6 is 0 Å². The van der Waals surface area contributed by atoms with Gasteiger partial charge in [-0.25, -0.2) is 18.7 Å². The van der Waals surface area contributed by atoms with Gasteiger partial charge in [-0.2, -0.15) is 0 Å². The average molecular weight is 449 g/mol. The summed E-state index contributed by atoms with van der Waals surface area (Å²) in [6.45, 7) is 1.67. The molecule has 3 aromatic heterocycles. The van der Waals surface area contributed by atoms with Gasteiger partial charge in [0.15, 0.2) is 5.82 Å². The van der Waals surface area contributed by atoms with Crippen LogP contribution in [0.4, 0.5) is 20.4 Å². The van der Waals surface area contributed by atoms with Gasteiger partial charge in [0.2, 0.25) is 5.95 Å². The molecule has 0 fully saturated rings. The normalized spacial score (nSPS) is 11.9. The summed E-state index contributed by atoms with van der Waals surface area (Å²) < 4.78 is 29.6. The van der Waals surface area contributed by atoms with E-state index in [0.717, 1.165) is 17.4 Å². The van der Waals surface area contributed by atoms with Crippen LogP contribution in [0.3, 0.4) is 0 Å². The molecule has 4 aromatic rings. The van der Waals surface area contributed by atoms with E-state index >= 15 is 0 Å². The van der Waals surface area contributed by atoms with Crippen molar-refractivity contribution in [1.29, 1.82) is 0 Å². The van der Waals surface area contributed by atoms with E-state index < -0.39 is 23.2 Å². The van der Waals surface area contributed by atoms with E-state index in [1.807, 2.05) is 6.92 Å². The zero-order valence-electron chi connectivity index (χ0n) is 17.7. The minimum absolute atomic E-state index is 0.0343. The molecule has 0 saturated heterocycles.